The topological polar surface area (TPSA) is 97.5 Å². The van der Waals surface area contributed by atoms with Crippen molar-refractivity contribution in [3.05, 3.63) is 33.2 Å². The minimum absolute atomic E-state index is 0.0694. The molecule has 1 aromatic carbocycles. The SMILES string of the molecule is O=[N+]([O-])c1c(O)ccc2c1C=CS2(=O)=O. The van der Waals surface area contributed by atoms with E-state index in [0.717, 1.165) is 23.6 Å². The number of phenols is 1. The van der Waals surface area contributed by atoms with Crippen molar-refractivity contribution in [1.82, 2.24) is 0 Å². The third kappa shape index (κ3) is 1.28. The van der Waals surface area contributed by atoms with E-state index in [1.807, 2.05) is 0 Å². The molecule has 6 nitrogen and oxygen atoms in total. The van der Waals surface area contributed by atoms with Crippen LogP contribution in [0.25, 0.3) is 6.08 Å². The van der Waals surface area contributed by atoms with Crippen LogP contribution in [0.3, 0.4) is 0 Å². The molecular formula is C8H5NO5S. The van der Waals surface area contributed by atoms with Crippen LogP contribution in [0.4, 0.5) is 5.69 Å². The van der Waals surface area contributed by atoms with Crippen LogP contribution < -0.4 is 0 Å². The molecule has 1 aliphatic heterocycles. The number of nitrogens with zero attached hydrogens (tertiary/aromatic N) is 1. The van der Waals surface area contributed by atoms with Gasteiger partial charge in [-0.2, -0.15) is 0 Å². The summed E-state index contributed by atoms with van der Waals surface area (Å²) in [6.45, 7) is 0. The highest BCUT2D eigenvalue weighted by Gasteiger charge is 2.30. The molecule has 0 saturated carbocycles. The Morgan fingerprint density at radius 2 is 2.00 bits per heavy atom. The van der Waals surface area contributed by atoms with E-state index in [1.54, 1.807) is 0 Å². The van der Waals surface area contributed by atoms with Gasteiger partial charge in [0.15, 0.2) is 5.75 Å². The lowest BCUT2D eigenvalue weighted by molar-refractivity contribution is -0.386. The highest BCUT2D eigenvalue weighted by Crippen LogP contribution is 2.39. The number of hydrogen-bond acceptors (Lipinski definition) is 5. The van der Waals surface area contributed by atoms with Gasteiger partial charge in [0.05, 0.1) is 15.4 Å². The van der Waals surface area contributed by atoms with Gasteiger partial charge in [0.25, 0.3) is 0 Å². The number of aromatic hydroxyl groups is 1. The number of sulfone groups is 1. The van der Waals surface area contributed by atoms with E-state index in [2.05, 4.69) is 0 Å². The van der Waals surface area contributed by atoms with Crippen LogP contribution in [0.2, 0.25) is 0 Å². The third-order valence-corrected chi connectivity index (χ3v) is 3.52. The van der Waals surface area contributed by atoms with Gasteiger partial charge < -0.3 is 5.11 Å². The van der Waals surface area contributed by atoms with E-state index < -0.39 is 26.2 Å². The molecule has 0 spiro atoms. The maximum absolute atomic E-state index is 11.3. The van der Waals surface area contributed by atoms with Gasteiger partial charge in [0.2, 0.25) is 9.84 Å². The molecule has 0 unspecified atom stereocenters. The van der Waals surface area contributed by atoms with Gasteiger partial charge in [0.1, 0.15) is 0 Å². The number of rotatable bonds is 1. The van der Waals surface area contributed by atoms with Crippen molar-refractivity contribution in [1.29, 1.82) is 0 Å². The Morgan fingerprint density at radius 1 is 1.33 bits per heavy atom. The van der Waals surface area contributed by atoms with Gasteiger partial charge >= 0.3 is 5.69 Å². The van der Waals surface area contributed by atoms with E-state index in [-0.39, 0.29) is 10.5 Å². The minimum Gasteiger partial charge on any atom is -0.502 e. The summed E-state index contributed by atoms with van der Waals surface area (Å²) in [5, 5.41) is 20.7. The molecule has 1 N–H and O–H groups in total. The van der Waals surface area contributed by atoms with Crippen molar-refractivity contribution in [3.63, 3.8) is 0 Å². The first-order valence-electron chi connectivity index (χ1n) is 3.87. The largest absolute Gasteiger partial charge is 0.502 e. The molecule has 1 aromatic rings. The van der Waals surface area contributed by atoms with Gasteiger partial charge in [-0.1, -0.05) is 0 Å². The first-order chi connectivity index (χ1) is 6.93. The Bertz CT molecular complexity index is 587. The molecule has 0 aliphatic carbocycles. The lowest BCUT2D eigenvalue weighted by Crippen LogP contribution is -1.97. The first kappa shape index (κ1) is 9.66. The Hall–Kier alpha value is -1.89. The van der Waals surface area contributed by atoms with Crippen molar-refractivity contribution < 1.29 is 18.4 Å². The molecule has 15 heavy (non-hydrogen) atoms. The van der Waals surface area contributed by atoms with Crippen molar-refractivity contribution in [2.45, 2.75) is 4.90 Å². The summed E-state index contributed by atoms with van der Waals surface area (Å²) in [5.41, 5.74) is -0.648. The van der Waals surface area contributed by atoms with Crippen LogP contribution in [-0.4, -0.2) is 18.4 Å². The highest BCUT2D eigenvalue weighted by atomic mass is 32.2. The summed E-state index contributed by atoms with van der Waals surface area (Å²) in [6, 6.07) is 2.15. The van der Waals surface area contributed by atoms with Crippen LogP contribution in [0.1, 0.15) is 5.56 Å². The summed E-state index contributed by atoms with van der Waals surface area (Å²) in [4.78, 5) is 9.66. The normalized spacial score (nSPS) is 16.3. The van der Waals surface area contributed by atoms with Crippen molar-refractivity contribution in [2.24, 2.45) is 0 Å². The maximum atomic E-state index is 11.3. The second-order valence-corrected chi connectivity index (χ2v) is 4.75. The van der Waals surface area contributed by atoms with Crippen LogP contribution >= 0.6 is 0 Å². The summed E-state index contributed by atoms with van der Waals surface area (Å²) >= 11 is 0. The summed E-state index contributed by atoms with van der Waals surface area (Å²) in [7, 11) is -3.57. The smallest absolute Gasteiger partial charge is 0.319 e. The van der Waals surface area contributed by atoms with E-state index in [0.29, 0.717) is 0 Å². The second kappa shape index (κ2) is 2.80. The number of nitro benzene ring substituents is 1. The van der Waals surface area contributed by atoms with Crippen LogP contribution in [0.15, 0.2) is 22.4 Å². The molecule has 0 atom stereocenters. The molecule has 1 aliphatic rings. The van der Waals surface area contributed by atoms with Crippen LogP contribution in [0.5, 0.6) is 5.75 Å². The van der Waals surface area contributed by atoms with E-state index >= 15 is 0 Å². The molecule has 7 heteroatoms. The molecule has 0 aromatic heterocycles. The van der Waals surface area contributed by atoms with Crippen molar-refractivity contribution in [2.75, 3.05) is 0 Å². The molecule has 0 radical (unpaired) electrons. The number of nitro groups is 1. The number of benzene rings is 1. The van der Waals surface area contributed by atoms with Gasteiger partial charge in [-0.3, -0.25) is 10.1 Å². The Balaban J connectivity index is 2.86. The highest BCUT2D eigenvalue weighted by molar-refractivity contribution is 7.94. The van der Waals surface area contributed by atoms with Crippen molar-refractivity contribution in [3.8, 4) is 5.75 Å². The molecule has 2 rings (SSSR count). The summed E-state index contributed by atoms with van der Waals surface area (Å²) < 4.78 is 22.7. The van der Waals surface area contributed by atoms with Crippen molar-refractivity contribution >= 4 is 21.6 Å². The monoisotopic (exact) mass is 227 g/mol. The molecule has 0 fully saturated rings. The number of fused-ring (bicyclic) bond motifs is 1. The fraction of sp³-hybridized carbons (Fsp3) is 0. The zero-order valence-electron chi connectivity index (χ0n) is 7.25. The van der Waals surface area contributed by atoms with Crippen LogP contribution in [-0.2, 0) is 9.84 Å². The number of hydrogen-bond donors (Lipinski definition) is 1. The molecule has 0 bridgehead atoms. The standard InChI is InChI=1S/C8H5NO5S/c10-6-1-2-7-5(8(6)9(11)12)3-4-15(7,13)14/h1-4,10H. The van der Waals surface area contributed by atoms with Gasteiger partial charge in [-0.05, 0) is 18.2 Å². The Labute approximate surface area is 84.5 Å². The van der Waals surface area contributed by atoms with Gasteiger partial charge in [0, 0.05) is 5.41 Å². The Morgan fingerprint density at radius 3 is 2.60 bits per heavy atom. The minimum atomic E-state index is -3.57. The van der Waals surface area contributed by atoms with E-state index in [9.17, 15) is 23.6 Å². The summed E-state index contributed by atoms with van der Waals surface area (Å²) in [5.74, 6) is -0.541. The summed E-state index contributed by atoms with van der Waals surface area (Å²) in [6.07, 6.45) is 1.11. The van der Waals surface area contributed by atoms with E-state index in [4.69, 9.17) is 0 Å². The fourth-order valence-corrected chi connectivity index (χ4v) is 2.60. The maximum Gasteiger partial charge on any atom is 0.319 e. The lowest BCUT2D eigenvalue weighted by atomic mass is 10.1. The average Bonchev–Trinajstić information content (AvgIpc) is 2.41. The lowest BCUT2D eigenvalue weighted by Gasteiger charge is -2.01. The molecule has 78 valence electrons. The Kier molecular flexibility index (Phi) is 1.80. The second-order valence-electron chi connectivity index (χ2n) is 2.95. The zero-order chi connectivity index (χ0) is 11.2. The third-order valence-electron chi connectivity index (χ3n) is 2.06. The first-order valence-corrected chi connectivity index (χ1v) is 5.41. The predicted octanol–water partition coefficient (Wildman–Crippen LogP) is 1.06. The molecule has 0 amide bonds. The van der Waals surface area contributed by atoms with E-state index in [1.165, 1.54) is 0 Å². The fourth-order valence-electron chi connectivity index (χ4n) is 1.41. The predicted molar refractivity (Wildman–Crippen MR) is 51.0 cm³/mol. The average molecular weight is 227 g/mol. The quantitative estimate of drug-likeness (QED) is 0.571. The number of phenolic OH excluding ortho intramolecular Hbond substituents is 1. The molecule has 0 saturated heterocycles. The molecular weight excluding hydrogens is 222 g/mol. The van der Waals surface area contributed by atoms with Crippen LogP contribution in [0, 0.1) is 10.1 Å². The zero-order valence-corrected chi connectivity index (χ0v) is 8.06. The van der Waals surface area contributed by atoms with Gasteiger partial charge in [-0.15, -0.1) is 0 Å². The van der Waals surface area contributed by atoms with Gasteiger partial charge in [-0.25, -0.2) is 8.42 Å². The molecule has 1 heterocycles.